The molecule has 2 rings (SSSR count). The average Bonchev–Trinajstić information content (AvgIpc) is 2.96. The molecule has 0 bridgehead atoms. The summed E-state index contributed by atoms with van der Waals surface area (Å²) in [6, 6.07) is 10.1. The third-order valence-corrected chi connectivity index (χ3v) is 3.13. The minimum atomic E-state index is -0.972. The van der Waals surface area contributed by atoms with Gasteiger partial charge in [0.2, 0.25) is 0 Å². The van der Waals surface area contributed by atoms with E-state index in [-0.39, 0.29) is 18.0 Å². The average molecular weight is 287 g/mol. The second-order valence-corrected chi connectivity index (χ2v) is 4.67. The van der Waals surface area contributed by atoms with Crippen molar-refractivity contribution < 1.29 is 14.7 Å². The van der Waals surface area contributed by atoms with Crippen LogP contribution in [0.2, 0.25) is 0 Å². The highest BCUT2D eigenvalue weighted by Gasteiger charge is 2.20. The maximum absolute atomic E-state index is 12.2. The second-order valence-electron chi connectivity index (χ2n) is 4.67. The van der Waals surface area contributed by atoms with Crippen LogP contribution < -0.4 is 5.32 Å². The molecule has 0 aliphatic heterocycles. The molecule has 1 heterocycles. The molecule has 0 saturated carbocycles. The highest BCUT2D eigenvalue weighted by molar-refractivity contribution is 5.92. The smallest absolute Gasteiger partial charge is 0.305 e. The molecule has 1 aromatic heterocycles. The Kier molecular flexibility index (Phi) is 4.71. The number of carboxylic acid groups (broad SMARTS) is 1. The van der Waals surface area contributed by atoms with Crippen molar-refractivity contribution in [3.63, 3.8) is 0 Å². The third kappa shape index (κ3) is 3.92. The topological polar surface area (TPSA) is 95.1 Å². The molecule has 0 aliphatic rings. The van der Waals surface area contributed by atoms with E-state index in [1.165, 1.54) is 0 Å². The van der Waals surface area contributed by atoms with Gasteiger partial charge in [-0.25, -0.2) is 0 Å². The summed E-state index contributed by atoms with van der Waals surface area (Å²) in [7, 11) is 0. The monoisotopic (exact) mass is 287 g/mol. The molecular weight excluding hydrogens is 270 g/mol. The van der Waals surface area contributed by atoms with Crippen LogP contribution in [0.1, 0.15) is 41.1 Å². The Bertz CT molecular complexity index is 622. The summed E-state index contributed by atoms with van der Waals surface area (Å²) in [6.07, 6.45) is 0.568. The number of benzene rings is 1. The standard InChI is InChI=1S/C15H17N3O3/c1-2-11-8-13(18-17-11)15(21)16-12(9-14(19)20)10-6-4-3-5-7-10/h3-8,12H,2,9H2,1H3,(H,16,21)(H,17,18)(H,19,20). The molecular formula is C15H17N3O3. The van der Waals surface area contributed by atoms with E-state index in [1.54, 1.807) is 30.3 Å². The van der Waals surface area contributed by atoms with Crippen LogP contribution in [0.5, 0.6) is 0 Å². The first kappa shape index (κ1) is 14.8. The van der Waals surface area contributed by atoms with Gasteiger partial charge in [-0.2, -0.15) is 5.10 Å². The molecule has 1 unspecified atom stereocenters. The van der Waals surface area contributed by atoms with Gasteiger partial charge in [-0.1, -0.05) is 37.3 Å². The van der Waals surface area contributed by atoms with Gasteiger partial charge in [-0.15, -0.1) is 0 Å². The number of hydrogen-bond acceptors (Lipinski definition) is 3. The van der Waals surface area contributed by atoms with Gasteiger partial charge in [-0.3, -0.25) is 14.7 Å². The van der Waals surface area contributed by atoms with E-state index >= 15 is 0 Å². The summed E-state index contributed by atoms with van der Waals surface area (Å²) in [4.78, 5) is 23.1. The van der Waals surface area contributed by atoms with Gasteiger partial charge in [0.05, 0.1) is 12.5 Å². The number of carboxylic acids is 1. The van der Waals surface area contributed by atoms with E-state index < -0.39 is 12.0 Å². The van der Waals surface area contributed by atoms with Crippen molar-refractivity contribution in [1.29, 1.82) is 0 Å². The molecule has 6 nitrogen and oxygen atoms in total. The Hall–Kier alpha value is -2.63. The van der Waals surface area contributed by atoms with Crippen molar-refractivity contribution in [3.8, 4) is 0 Å². The lowest BCUT2D eigenvalue weighted by Gasteiger charge is -2.16. The summed E-state index contributed by atoms with van der Waals surface area (Å²) >= 11 is 0. The Morgan fingerprint density at radius 1 is 1.33 bits per heavy atom. The lowest BCUT2D eigenvalue weighted by molar-refractivity contribution is -0.137. The zero-order valence-corrected chi connectivity index (χ0v) is 11.7. The Morgan fingerprint density at radius 2 is 2.05 bits per heavy atom. The molecule has 3 N–H and O–H groups in total. The zero-order valence-electron chi connectivity index (χ0n) is 11.7. The number of aliphatic carboxylic acids is 1. The van der Waals surface area contributed by atoms with Crippen molar-refractivity contribution in [2.75, 3.05) is 0 Å². The number of carbonyl (C=O) groups excluding carboxylic acids is 1. The maximum atomic E-state index is 12.2. The lowest BCUT2D eigenvalue weighted by atomic mass is 10.0. The van der Waals surface area contributed by atoms with Crippen molar-refractivity contribution in [2.24, 2.45) is 0 Å². The van der Waals surface area contributed by atoms with E-state index in [0.717, 1.165) is 17.7 Å². The number of aromatic nitrogens is 2. The first-order valence-electron chi connectivity index (χ1n) is 6.72. The maximum Gasteiger partial charge on any atom is 0.305 e. The zero-order chi connectivity index (χ0) is 15.2. The lowest BCUT2D eigenvalue weighted by Crippen LogP contribution is -2.30. The molecule has 0 fully saturated rings. The van der Waals surface area contributed by atoms with Crippen LogP contribution in [-0.4, -0.2) is 27.2 Å². The normalized spacial score (nSPS) is 11.9. The third-order valence-electron chi connectivity index (χ3n) is 3.13. The van der Waals surface area contributed by atoms with E-state index in [2.05, 4.69) is 15.5 Å². The van der Waals surface area contributed by atoms with Gasteiger partial charge < -0.3 is 10.4 Å². The summed E-state index contributed by atoms with van der Waals surface area (Å²) < 4.78 is 0. The molecule has 1 aromatic carbocycles. The Morgan fingerprint density at radius 3 is 2.62 bits per heavy atom. The van der Waals surface area contributed by atoms with Gasteiger partial charge in [0, 0.05) is 5.69 Å². The first-order chi connectivity index (χ1) is 10.1. The summed E-state index contributed by atoms with van der Waals surface area (Å²) in [5.74, 6) is -1.36. The van der Waals surface area contributed by atoms with Crippen LogP contribution in [0.25, 0.3) is 0 Å². The van der Waals surface area contributed by atoms with Gasteiger partial charge >= 0.3 is 5.97 Å². The van der Waals surface area contributed by atoms with E-state index in [0.29, 0.717) is 0 Å². The molecule has 0 aliphatic carbocycles. The second kappa shape index (κ2) is 6.69. The molecule has 1 amide bonds. The fraction of sp³-hybridized carbons (Fsp3) is 0.267. The molecule has 21 heavy (non-hydrogen) atoms. The quantitative estimate of drug-likeness (QED) is 0.756. The van der Waals surface area contributed by atoms with E-state index in [9.17, 15) is 9.59 Å². The summed E-state index contributed by atoms with van der Waals surface area (Å²) in [6.45, 7) is 1.95. The van der Waals surface area contributed by atoms with Gasteiger partial charge in [-0.05, 0) is 18.1 Å². The highest BCUT2D eigenvalue weighted by atomic mass is 16.4. The van der Waals surface area contributed by atoms with Crippen LogP contribution >= 0.6 is 0 Å². The van der Waals surface area contributed by atoms with Gasteiger partial charge in [0.25, 0.3) is 5.91 Å². The molecule has 1 atom stereocenters. The van der Waals surface area contributed by atoms with Crippen LogP contribution in [0, 0.1) is 0 Å². The number of nitrogens with zero attached hydrogens (tertiary/aromatic N) is 1. The molecule has 0 saturated heterocycles. The number of amides is 1. The van der Waals surface area contributed by atoms with E-state index in [1.807, 2.05) is 13.0 Å². The van der Waals surface area contributed by atoms with Crippen molar-refractivity contribution in [1.82, 2.24) is 15.5 Å². The number of nitrogens with one attached hydrogen (secondary N) is 2. The van der Waals surface area contributed by atoms with Crippen molar-refractivity contribution in [3.05, 3.63) is 53.3 Å². The molecule has 0 radical (unpaired) electrons. The van der Waals surface area contributed by atoms with Crippen LogP contribution in [-0.2, 0) is 11.2 Å². The summed E-state index contributed by atoms with van der Waals surface area (Å²) in [5, 5.41) is 18.4. The highest BCUT2D eigenvalue weighted by Crippen LogP contribution is 2.17. The molecule has 6 heteroatoms. The fourth-order valence-corrected chi connectivity index (χ4v) is 2.00. The van der Waals surface area contributed by atoms with Gasteiger partial charge in [0.1, 0.15) is 5.69 Å². The minimum absolute atomic E-state index is 0.180. The van der Waals surface area contributed by atoms with Crippen LogP contribution in [0.3, 0.4) is 0 Å². The predicted octanol–water partition coefficient (Wildman–Crippen LogP) is 1.92. The molecule has 2 aromatic rings. The Labute approximate surface area is 122 Å². The van der Waals surface area contributed by atoms with Crippen molar-refractivity contribution >= 4 is 11.9 Å². The Balaban J connectivity index is 2.14. The largest absolute Gasteiger partial charge is 0.481 e. The number of hydrogen-bond donors (Lipinski definition) is 3. The fourth-order valence-electron chi connectivity index (χ4n) is 2.00. The van der Waals surface area contributed by atoms with Crippen LogP contribution in [0.15, 0.2) is 36.4 Å². The first-order valence-corrected chi connectivity index (χ1v) is 6.72. The number of carbonyl (C=O) groups is 2. The minimum Gasteiger partial charge on any atom is -0.481 e. The van der Waals surface area contributed by atoms with E-state index in [4.69, 9.17) is 5.11 Å². The van der Waals surface area contributed by atoms with Crippen LogP contribution in [0.4, 0.5) is 0 Å². The summed E-state index contributed by atoms with van der Waals surface area (Å²) in [5.41, 5.74) is 1.87. The molecule has 0 spiro atoms. The van der Waals surface area contributed by atoms with Crippen molar-refractivity contribution in [2.45, 2.75) is 25.8 Å². The number of H-pyrrole nitrogens is 1. The number of aryl methyl sites for hydroxylation is 1. The predicted molar refractivity (Wildman–Crippen MR) is 76.9 cm³/mol. The number of aromatic amines is 1. The van der Waals surface area contributed by atoms with Gasteiger partial charge in [0.15, 0.2) is 0 Å². The molecule has 110 valence electrons. The SMILES string of the molecule is CCc1cc(C(=O)NC(CC(=O)O)c2ccccc2)n[nH]1. The number of rotatable bonds is 6.